The van der Waals surface area contributed by atoms with E-state index in [1.807, 2.05) is 0 Å². The Morgan fingerprint density at radius 1 is 1.25 bits per heavy atom. The SMILES string of the molecule is C#C.CCC.NC1=C(/C=C(\N)c2c(F)cccc2F)CCCC1Oc1nccnc1C(=O)NCCO. The second-order valence-corrected chi connectivity index (χ2v) is 7.57. The van der Waals surface area contributed by atoms with Gasteiger partial charge in [0.15, 0.2) is 5.69 Å². The molecule has 0 radical (unpaired) electrons. The Labute approximate surface area is 210 Å². The van der Waals surface area contributed by atoms with Crippen molar-refractivity contribution in [1.29, 1.82) is 0 Å². The van der Waals surface area contributed by atoms with Crippen LogP contribution in [0.5, 0.6) is 5.88 Å². The number of amides is 1. The second-order valence-electron chi connectivity index (χ2n) is 7.57. The third-order valence-corrected chi connectivity index (χ3v) is 4.74. The zero-order valence-electron chi connectivity index (χ0n) is 20.5. The first-order valence-corrected chi connectivity index (χ1v) is 11.4. The summed E-state index contributed by atoms with van der Waals surface area (Å²) in [5, 5.41) is 11.4. The topological polar surface area (TPSA) is 136 Å². The zero-order valence-corrected chi connectivity index (χ0v) is 20.5. The third kappa shape index (κ3) is 8.36. The number of carbonyl (C=O) groups excluding carboxylic acids is 1. The van der Waals surface area contributed by atoms with Crippen molar-refractivity contribution in [3.05, 3.63) is 70.8 Å². The first kappa shape index (κ1) is 30.1. The number of aliphatic hydroxyl groups is 1. The van der Waals surface area contributed by atoms with Crippen LogP contribution in [0.1, 0.15) is 55.6 Å². The molecule has 1 aromatic heterocycles. The average Bonchev–Trinajstić information content (AvgIpc) is 2.87. The molecule has 2 aromatic rings. The van der Waals surface area contributed by atoms with E-state index in [1.54, 1.807) is 0 Å². The van der Waals surface area contributed by atoms with Crippen LogP contribution in [0.25, 0.3) is 5.70 Å². The minimum atomic E-state index is -0.769. The number of aromatic nitrogens is 2. The predicted octanol–water partition coefficient (Wildman–Crippen LogP) is 3.29. The van der Waals surface area contributed by atoms with Crippen molar-refractivity contribution < 1.29 is 23.4 Å². The van der Waals surface area contributed by atoms with Gasteiger partial charge >= 0.3 is 0 Å². The van der Waals surface area contributed by atoms with Crippen LogP contribution in [-0.2, 0) is 0 Å². The maximum atomic E-state index is 14.0. The van der Waals surface area contributed by atoms with Crippen LogP contribution in [-0.4, -0.2) is 40.2 Å². The number of ether oxygens (including phenoxy) is 1. The third-order valence-electron chi connectivity index (χ3n) is 4.74. The number of allylic oxidation sites excluding steroid dienone is 2. The van der Waals surface area contributed by atoms with E-state index in [-0.39, 0.29) is 36.0 Å². The van der Waals surface area contributed by atoms with Crippen molar-refractivity contribution >= 4 is 11.6 Å². The molecule has 0 fully saturated rings. The van der Waals surface area contributed by atoms with Crippen molar-refractivity contribution in [2.75, 3.05) is 13.2 Å². The monoisotopic (exact) mass is 501 g/mol. The maximum Gasteiger partial charge on any atom is 0.275 e. The van der Waals surface area contributed by atoms with Crippen molar-refractivity contribution in [3.63, 3.8) is 0 Å². The van der Waals surface area contributed by atoms with Crippen LogP contribution in [0, 0.1) is 24.5 Å². The molecule has 6 N–H and O–H groups in total. The van der Waals surface area contributed by atoms with Gasteiger partial charge in [0, 0.05) is 24.6 Å². The first-order valence-electron chi connectivity index (χ1n) is 11.4. The van der Waals surface area contributed by atoms with Crippen molar-refractivity contribution in [3.8, 4) is 18.7 Å². The number of rotatable bonds is 7. The second kappa shape index (κ2) is 15.8. The molecule has 3 rings (SSSR count). The quantitative estimate of drug-likeness (QED) is 0.427. The van der Waals surface area contributed by atoms with Crippen LogP contribution in [0.4, 0.5) is 8.78 Å². The molecule has 0 saturated carbocycles. The van der Waals surface area contributed by atoms with E-state index < -0.39 is 23.6 Å². The van der Waals surface area contributed by atoms with E-state index in [0.29, 0.717) is 30.5 Å². The summed E-state index contributed by atoms with van der Waals surface area (Å²) in [4.78, 5) is 20.3. The fourth-order valence-corrected chi connectivity index (χ4v) is 3.25. The maximum absolute atomic E-state index is 14.0. The van der Waals surface area contributed by atoms with E-state index in [4.69, 9.17) is 21.3 Å². The minimum Gasteiger partial charge on any atom is -0.466 e. The zero-order chi connectivity index (χ0) is 27.1. The number of hydrogen-bond donors (Lipinski definition) is 4. The molecule has 36 heavy (non-hydrogen) atoms. The Balaban J connectivity index is 0.00000120. The van der Waals surface area contributed by atoms with Gasteiger partial charge in [-0.3, -0.25) is 4.79 Å². The number of halogens is 2. The Kier molecular flexibility index (Phi) is 13.2. The molecule has 1 heterocycles. The molecule has 1 aromatic carbocycles. The summed E-state index contributed by atoms with van der Waals surface area (Å²) in [5.41, 5.74) is 12.7. The Morgan fingerprint density at radius 2 is 1.86 bits per heavy atom. The predicted molar refractivity (Wildman–Crippen MR) is 135 cm³/mol. The normalized spacial score (nSPS) is 15.1. The smallest absolute Gasteiger partial charge is 0.275 e. The van der Waals surface area contributed by atoms with Crippen molar-refractivity contribution in [1.82, 2.24) is 15.3 Å². The minimum absolute atomic E-state index is 0.00996. The number of nitrogens with two attached hydrogens (primary N) is 2. The van der Waals surface area contributed by atoms with Gasteiger partial charge in [-0.15, -0.1) is 12.8 Å². The lowest BCUT2D eigenvalue weighted by atomic mass is 9.92. The average molecular weight is 502 g/mol. The molecule has 0 bridgehead atoms. The van der Waals surface area contributed by atoms with Crippen molar-refractivity contribution in [2.24, 2.45) is 11.5 Å². The Hall–Kier alpha value is -3.97. The van der Waals surface area contributed by atoms with Crippen LogP contribution in [0.15, 0.2) is 47.9 Å². The van der Waals surface area contributed by atoms with Gasteiger partial charge in [0.05, 0.1) is 17.9 Å². The van der Waals surface area contributed by atoms with Crippen molar-refractivity contribution in [2.45, 2.75) is 45.6 Å². The fraction of sp³-hybridized carbons (Fsp3) is 0.346. The number of nitrogens with one attached hydrogen (secondary N) is 1. The molecule has 1 aliphatic carbocycles. The summed E-state index contributed by atoms with van der Waals surface area (Å²) < 4.78 is 33.9. The highest BCUT2D eigenvalue weighted by atomic mass is 19.1. The van der Waals surface area contributed by atoms with Gasteiger partial charge in [0.2, 0.25) is 5.88 Å². The number of nitrogens with zero attached hydrogens (tertiary/aromatic N) is 2. The van der Waals surface area contributed by atoms with E-state index >= 15 is 0 Å². The highest BCUT2D eigenvalue weighted by molar-refractivity contribution is 5.94. The molecule has 0 spiro atoms. The lowest BCUT2D eigenvalue weighted by Gasteiger charge is -2.26. The first-order chi connectivity index (χ1) is 17.3. The van der Waals surface area contributed by atoms with Crippen LogP contribution < -0.4 is 21.5 Å². The molecule has 1 atom stereocenters. The summed E-state index contributed by atoms with van der Waals surface area (Å²) in [6.45, 7) is 4.08. The molecule has 0 aliphatic heterocycles. The summed E-state index contributed by atoms with van der Waals surface area (Å²) in [7, 11) is 0. The molecule has 8 nitrogen and oxygen atoms in total. The summed E-state index contributed by atoms with van der Waals surface area (Å²) in [6, 6.07) is 3.51. The van der Waals surface area contributed by atoms with Gasteiger partial charge in [0.25, 0.3) is 5.91 Å². The molecule has 1 amide bonds. The van der Waals surface area contributed by atoms with Gasteiger partial charge in [-0.1, -0.05) is 26.3 Å². The number of benzene rings is 1. The molecular formula is C26H33F2N5O3. The molecule has 194 valence electrons. The lowest BCUT2D eigenvalue weighted by molar-refractivity contribution is 0.0930. The van der Waals surface area contributed by atoms with Crippen LogP contribution >= 0.6 is 0 Å². The van der Waals surface area contributed by atoms with Gasteiger partial charge in [-0.25, -0.2) is 18.7 Å². The molecule has 0 saturated heterocycles. The summed E-state index contributed by atoms with van der Waals surface area (Å²) in [5.74, 6) is -2.09. The molecule has 10 heteroatoms. The highest BCUT2D eigenvalue weighted by Crippen LogP contribution is 2.29. The largest absolute Gasteiger partial charge is 0.466 e. The van der Waals surface area contributed by atoms with Gasteiger partial charge in [-0.05, 0) is 43.0 Å². The number of carbonyl (C=O) groups is 1. The molecular weight excluding hydrogens is 468 g/mol. The molecule has 1 aliphatic rings. The lowest BCUT2D eigenvalue weighted by Crippen LogP contribution is -2.32. The standard InChI is InChI=1S/C21H23F2N5O3.C3H8.C2H2/c22-13-4-2-5-14(23)17(13)15(24)11-12-3-1-6-16(18(12)25)31-21-19(26-7-8-28-21)20(30)27-9-10-29;1-3-2;1-2/h2,4-5,7-8,11,16,29H,1,3,6,9-10,24-25H2,(H,27,30);3H2,1-2H3;1-2H/b15-11-;;. The number of hydrogen-bond acceptors (Lipinski definition) is 7. The number of terminal acetylenes is 1. The Morgan fingerprint density at radius 3 is 2.47 bits per heavy atom. The summed E-state index contributed by atoms with van der Waals surface area (Å²) in [6.07, 6.45) is 14.6. The number of aliphatic hydroxyl groups excluding tert-OH is 1. The summed E-state index contributed by atoms with van der Waals surface area (Å²) >= 11 is 0. The van der Waals surface area contributed by atoms with Crippen LogP contribution in [0.2, 0.25) is 0 Å². The fourth-order valence-electron chi connectivity index (χ4n) is 3.25. The highest BCUT2D eigenvalue weighted by Gasteiger charge is 2.25. The van der Waals surface area contributed by atoms with E-state index in [9.17, 15) is 13.6 Å². The molecule has 1 unspecified atom stereocenters. The Bertz CT molecular complexity index is 1070. The van der Waals surface area contributed by atoms with Gasteiger partial charge in [-0.2, -0.15) is 0 Å². The van der Waals surface area contributed by atoms with E-state index in [0.717, 1.165) is 12.1 Å². The van der Waals surface area contributed by atoms with Gasteiger partial charge in [0.1, 0.15) is 17.7 Å². The van der Waals surface area contributed by atoms with E-state index in [2.05, 4.69) is 42.0 Å². The van der Waals surface area contributed by atoms with Crippen LogP contribution in [0.3, 0.4) is 0 Å². The van der Waals surface area contributed by atoms with Gasteiger partial charge < -0.3 is 26.6 Å². The van der Waals surface area contributed by atoms with E-state index in [1.165, 1.54) is 31.0 Å².